The quantitative estimate of drug-likeness (QED) is 0.754. The van der Waals surface area contributed by atoms with Crippen molar-refractivity contribution in [3.05, 3.63) is 24.0 Å². The van der Waals surface area contributed by atoms with Crippen LogP contribution < -0.4 is 15.4 Å². The van der Waals surface area contributed by atoms with Gasteiger partial charge < -0.3 is 15.4 Å². The smallest absolute Gasteiger partial charge is 0.145 e. The van der Waals surface area contributed by atoms with Crippen LogP contribution >= 0.6 is 0 Å². The van der Waals surface area contributed by atoms with E-state index in [-0.39, 0.29) is 5.82 Å². The SMILES string of the molecule is CN(C)c1ccc(F)cc1OCCCN. The van der Waals surface area contributed by atoms with Crippen LogP contribution in [0.1, 0.15) is 6.42 Å². The molecular formula is C11H17FN2O. The number of rotatable bonds is 5. The van der Waals surface area contributed by atoms with Gasteiger partial charge in [0.25, 0.3) is 0 Å². The summed E-state index contributed by atoms with van der Waals surface area (Å²) in [5, 5.41) is 0. The number of hydrogen-bond donors (Lipinski definition) is 1. The van der Waals surface area contributed by atoms with Crippen LogP contribution in [0.25, 0.3) is 0 Å². The van der Waals surface area contributed by atoms with E-state index < -0.39 is 0 Å². The second-order valence-corrected chi connectivity index (χ2v) is 3.50. The van der Waals surface area contributed by atoms with Crippen molar-refractivity contribution in [2.45, 2.75) is 6.42 Å². The van der Waals surface area contributed by atoms with Gasteiger partial charge in [-0.2, -0.15) is 0 Å². The maximum Gasteiger partial charge on any atom is 0.145 e. The summed E-state index contributed by atoms with van der Waals surface area (Å²) >= 11 is 0. The van der Waals surface area contributed by atoms with Gasteiger partial charge in [0.1, 0.15) is 11.6 Å². The molecular weight excluding hydrogens is 195 g/mol. The molecule has 0 spiro atoms. The molecule has 3 nitrogen and oxygen atoms in total. The van der Waals surface area contributed by atoms with E-state index in [4.69, 9.17) is 10.5 Å². The normalized spacial score (nSPS) is 10.1. The molecule has 0 atom stereocenters. The molecule has 1 aromatic rings. The summed E-state index contributed by atoms with van der Waals surface area (Å²) in [6, 6.07) is 4.52. The predicted octanol–water partition coefficient (Wildman–Crippen LogP) is 1.62. The number of halogens is 1. The van der Waals surface area contributed by atoms with Gasteiger partial charge in [-0.1, -0.05) is 0 Å². The Labute approximate surface area is 89.6 Å². The summed E-state index contributed by atoms with van der Waals surface area (Å²) in [7, 11) is 3.78. The molecule has 2 N–H and O–H groups in total. The van der Waals surface area contributed by atoms with Gasteiger partial charge in [-0.3, -0.25) is 0 Å². The first-order chi connectivity index (χ1) is 7.15. The Morgan fingerprint density at radius 2 is 2.13 bits per heavy atom. The molecule has 4 heteroatoms. The summed E-state index contributed by atoms with van der Waals surface area (Å²) in [4.78, 5) is 1.89. The Balaban J connectivity index is 2.77. The van der Waals surface area contributed by atoms with Gasteiger partial charge in [0.05, 0.1) is 12.3 Å². The molecule has 1 aromatic carbocycles. The highest BCUT2D eigenvalue weighted by molar-refractivity contribution is 5.57. The zero-order valence-corrected chi connectivity index (χ0v) is 9.16. The van der Waals surface area contributed by atoms with Gasteiger partial charge in [0.2, 0.25) is 0 Å². The first-order valence-electron chi connectivity index (χ1n) is 4.95. The van der Waals surface area contributed by atoms with E-state index in [0.717, 1.165) is 12.1 Å². The topological polar surface area (TPSA) is 38.5 Å². The van der Waals surface area contributed by atoms with Gasteiger partial charge in [-0.05, 0) is 25.1 Å². The third-order valence-corrected chi connectivity index (χ3v) is 2.01. The Morgan fingerprint density at radius 3 is 2.73 bits per heavy atom. The molecule has 0 saturated carbocycles. The fraction of sp³-hybridized carbons (Fsp3) is 0.455. The predicted molar refractivity (Wildman–Crippen MR) is 59.9 cm³/mol. The van der Waals surface area contributed by atoms with Crippen molar-refractivity contribution in [1.29, 1.82) is 0 Å². The molecule has 0 aliphatic heterocycles. The van der Waals surface area contributed by atoms with E-state index in [1.165, 1.54) is 12.1 Å². The third-order valence-electron chi connectivity index (χ3n) is 2.01. The van der Waals surface area contributed by atoms with Crippen molar-refractivity contribution < 1.29 is 9.13 Å². The monoisotopic (exact) mass is 212 g/mol. The molecule has 0 bridgehead atoms. The molecule has 0 unspecified atom stereocenters. The van der Waals surface area contributed by atoms with Crippen molar-refractivity contribution in [3.63, 3.8) is 0 Å². The van der Waals surface area contributed by atoms with Gasteiger partial charge in [-0.15, -0.1) is 0 Å². The lowest BCUT2D eigenvalue weighted by molar-refractivity contribution is 0.312. The molecule has 0 aliphatic rings. The average molecular weight is 212 g/mol. The molecule has 0 heterocycles. The van der Waals surface area contributed by atoms with E-state index in [9.17, 15) is 4.39 Å². The van der Waals surface area contributed by atoms with Crippen molar-refractivity contribution in [1.82, 2.24) is 0 Å². The molecule has 0 saturated heterocycles. The van der Waals surface area contributed by atoms with Gasteiger partial charge in [-0.25, -0.2) is 4.39 Å². The van der Waals surface area contributed by atoms with Crippen molar-refractivity contribution in [2.75, 3.05) is 32.1 Å². The Bertz CT molecular complexity index is 315. The molecule has 0 aromatic heterocycles. The van der Waals surface area contributed by atoms with Gasteiger partial charge in [0, 0.05) is 20.2 Å². The lowest BCUT2D eigenvalue weighted by Crippen LogP contribution is -2.12. The third kappa shape index (κ3) is 3.40. The van der Waals surface area contributed by atoms with Crippen LogP contribution in [-0.4, -0.2) is 27.2 Å². The second-order valence-electron chi connectivity index (χ2n) is 3.50. The largest absolute Gasteiger partial charge is 0.491 e. The van der Waals surface area contributed by atoms with E-state index >= 15 is 0 Å². The minimum absolute atomic E-state index is 0.289. The van der Waals surface area contributed by atoms with Crippen LogP contribution in [0, 0.1) is 5.82 Å². The lowest BCUT2D eigenvalue weighted by atomic mass is 10.2. The number of nitrogens with zero attached hydrogens (tertiary/aromatic N) is 1. The molecule has 15 heavy (non-hydrogen) atoms. The Morgan fingerprint density at radius 1 is 1.40 bits per heavy atom. The summed E-state index contributed by atoms with van der Waals surface area (Å²) in [6.07, 6.45) is 0.767. The fourth-order valence-corrected chi connectivity index (χ4v) is 1.24. The molecule has 84 valence electrons. The number of ether oxygens (including phenoxy) is 1. The van der Waals surface area contributed by atoms with Gasteiger partial charge >= 0.3 is 0 Å². The maximum absolute atomic E-state index is 13.0. The number of nitrogens with two attached hydrogens (primary N) is 1. The standard InChI is InChI=1S/C11H17FN2O/c1-14(2)10-5-4-9(12)8-11(10)15-7-3-6-13/h4-5,8H,3,6-7,13H2,1-2H3. The molecule has 0 aliphatic carbocycles. The zero-order chi connectivity index (χ0) is 11.3. The number of anilines is 1. The summed E-state index contributed by atoms with van der Waals surface area (Å²) < 4.78 is 18.5. The highest BCUT2D eigenvalue weighted by Crippen LogP contribution is 2.27. The maximum atomic E-state index is 13.0. The van der Waals surface area contributed by atoms with Crippen molar-refractivity contribution in [3.8, 4) is 5.75 Å². The summed E-state index contributed by atoms with van der Waals surface area (Å²) in [5.74, 6) is 0.275. The van der Waals surface area contributed by atoms with Crippen molar-refractivity contribution >= 4 is 5.69 Å². The molecule has 0 radical (unpaired) electrons. The molecule has 0 amide bonds. The first-order valence-corrected chi connectivity index (χ1v) is 4.95. The van der Waals surface area contributed by atoms with Crippen LogP contribution in [0.15, 0.2) is 18.2 Å². The van der Waals surface area contributed by atoms with Crippen LogP contribution in [0.2, 0.25) is 0 Å². The van der Waals surface area contributed by atoms with Crippen LogP contribution in [0.3, 0.4) is 0 Å². The van der Waals surface area contributed by atoms with E-state index in [1.54, 1.807) is 6.07 Å². The first kappa shape index (κ1) is 11.8. The minimum atomic E-state index is -0.289. The minimum Gasteiger partial charge on any atom is -0.491 e. The fourth-order valence-electron chi connectivity index (χ4n) is 1.24. The van der Waals surface area contributed by atoms with Gasteiger partial charge in [0.15, 0.2) is 0 Å². The van der Waals surface area contributed by atoms with Crippen molar-refractivity contribution in [2.24, 2.45) is 5.73 Å². The van der Waals surface area contributed by atoms with E-state index in [0.29, 0.717) is 18.9 Å². The summed E-state index contributed by atoms with van der Waals surface area (Å²) in [6.45, 7) is 1.09. The average Bonchev–Trinajstić information content (AvgIpc) is 2.18. The van der Waals surface area contributed by atoms with Crippen LogP contribution in [0.5, 0.6) is 5.75 Å². The highest BCUT2D eigenvalue weighted by Gasteiger charge is 2.06. The Kier molecular flexibility index (Phi) is 4.37. The molecule has 1 rings (SSSR count). The second kappa shape index (κ2) is 5.56. The van der Waals surface area contributed by atoms with E-state index in [2.05, 4.69) is 0 Å². The Hall–Kier alpha value is -1.29. The molecule has 0 fully saturated rings. The zero-order valence-electron chi connectivity index (χ0n) is 9.16. The highest BCUT2D eigenvalue weighted by atomic mass is 19.1. The lowest BCUT2D eigenvalue weighted by Gasteiger charge is -2.17. The van der Waals surface area contributed by atoms with Crippen LogP contribution in [-0.2, 0) is 0 Å². The van der Waals surface area contributed by atoms with E-state index in [1.807, 2.05) is 19.0 Å². The summed E-state index contributed by atoms with van der Waals surface area (Å²) in [5.41, 5.74) is 6.22. The van der Waals surface area contributed by atoms with Crippen LogP contribution in [0.4, 0.5) is 10.1 Å². The number of benzene rings is 1. The number of hydrogen-bond acceptors (Lipinski definition) is 3.